The van der Waals surface area contributed by atoms with Gasteiger partial charge >= 0.3 is 5.97 Å². The number of carboxylic acids is 1. The highest BCUT2D eigenvalue weighted by Crippen LogP contribution is 2.28. The van der Waals surface area contributed by atoms with Crippen LogP contribution >= 0.6 is 0 Å². The first kappa shape index (κ1) is 13.4. The monoisotopic (exact) mass is 272 g/mol. The largest absolute Gasteiger partial charge is 0.478 e. The Morgan fingerprint density at radius 2 is 1.60 bits per heavy atom. The molecule has 20 heavy (non-hydrogen) atoms. The number of hydrogen-bond acceptors (Lipinski definition) is 4. The molecule has 2 rings (SSSR count). The van der Waals surface area contributed by atoms with Gasteiger partial charge in [0.1, 0.15) is 5.75 Å². The number of benzene rings is 2. The summed E-state index contributed by atoms with van der Waals surface area (Å²) >= 11 is 0. The van der Waals surface area contributed by atoms with Crippen molar-refractivity contribution < 1.29 is 19.4 Å². The molecule has 0 unspecified atom stereocenters. The standard InChI is InChI=1S/C14H12N2O4/c15-11-6-3-9(14(18)19)7-12(11)20-10-4-1-8(2-5-10)13(16)17/h1-7H,15H2,(H2,16,17)(H,18,19). The number of anilines is 1. The number of hydrogen-bond donors (Lipinski definition) is 3. The smallest absolute Gasteiger partial charge is 0.335 e. The van der Waals surface area contributed by atoms with Gasteiger partial charge in [-0.1, -0.05) is 0 Å². The van der Waals surface area contributed by atoms with Crippen LogP contribution in [0.1, 0.15) is 20.7 Å². The summed E-state index contributed by atoms with van der Waals surface area (Å²) in [7, 11) is 0. The third kappa shape index (κ3) is 2.86. The molecule has 0 aromatic heterocycles. The van der Waals surface area contributed by atoms with Crippen LogP contribution in [0.15, 0.2) is 42.5 Å². The number of primary amides is 1. The fourth-order valence-electron chi connectivity index (χ4n) is 1.57. The summed E-state index contributed by atoms with van der Waals surface area (Å²) in [6.45, 7) is 0. The number of carbonyl (C=O) groups excluding carboxylic acids is 1. The van der Waals surface area contributed by atoms with Crippen molar-refractivity contribution in [3.8, 4) is 11.5 Å². The van der Waals surface area contributed by atoms with E-state index in [-0.39, 0.29) is 11.3 Å². The van der Waals surface area contributed by atoms with Crippen molar-refractivity contribution in [3.05, 3.63) is 53.6 Å². The molecule has 5 N–H and O–H groups in total. The van der Waals surface area contributed by atoms with E-state index in [9.17, 15) is 9.59 Å². The predicted molar refractivity (Wildman–Crippen MR) is 72.8 cm³/mol. The summed E-state index contributed by atoms with van der Waals surface area (Å²) in [5.41, 5.74) is 11.6. The Kier molecular flexibility index (Phi) is 3.56. The molecule has 0 heterocycles. The van der Waals surface area contributed by atoms with Crippen LogP contribution in [0.5, 0.6) is 11.5 Å². The fourth-order valence-corrected chi connectivity index (χ4v) is 1.57. The second-order valence-corrected chi connectivity index (χ2v) is 4.05. The topological polar surface area (TPSA) is 116 Å². The van der Waals surface area contributed by atoms with Gasteiger partial charge in [-0.3, -0.25) is 4.79 Å². The van der Waals surface area contributed by atoms with Crippen LogP contribution in [0.3, 0.4) is 0 Å². The minimum Gasteiger partial charge on any atom is -0.478 e. The van der Waals surface area contributed by atoms with Crippen molar-refractivity contribution in [3.63, 3.8) is 0 Å². The molecule has 0 radical (unpaired) electrons. The molecule has 102 valence electrons. The SMILES string of the molecule is NC(=O)c1ccc(Oc2cc(C(=O)O)ccc2N)cc1. The van der Waals surface area contributed by atoms with Crippen molar-refractivity contribution in [2.24, 2.45) is 5.73 Å². The van der Waals surface area contributed by atoms with Gasteiger partial charge < -0.3 is 21.3 Å². The number of nitrogens with two attached hydrogens (primary N) is 2. The Balaban J connectivity index is 2.27. The molecule has 0 spiro atoms. The number of amides is 1. The van der Waals surface area contributed by atoms with E-state index >= 15 is 0 Å². The third-order valence-electron chi connectivity index (χ3n) is 2.63. The van der Waals surface area contributed by atoms with Gasteiger partial charge in [-0.2, -0.15) is 0 Å². The van der Waals surface area contributed by atoms with Crippen LogP contribution in [-0.2, 0) is 0 Å². The normalized spacial score (nSPS) is 10.0. The molecule has 0 atom stereocenters. The van der Waals surface area contributed by atoms with Gasteiger partial charge in [0.25, 0.3) is 0 Å². The lowest BCUT2D eigenvalue weighted by Gasteiger charge is -2.09. The zero-order valence-corrected chi connectivity index (χ0v) is 10.4. The van der Waals surface area contributed by atoms with Gasteiger partial charge in [0.15, 0.2) is 5.75 Å². The average molecular weight is 272 g/mol. The molecule has 2 aromatic carbocycles. The Morgan fingerprint density at radius 1 is 1.00 bits per heavy atom. The van der Waals surface area contributed by atoms with Gasteiger partial charge in [0.2, 0.25) is 5.91 Å². The Bertz CT molecular complexity index is 665. The van der Waals surface area contributed by atoms with E-state index in [1.54, 1.807) is 12.1 Å². The minimum atomic E-state index is -1.07. The second-order valence-electron chi connectivity index (χ2n) is 4.05. The van der Waals surface area contributed by atoms with Crippen LogP contribution in [0.2, 0.25) is 0 Å². The summed E-state index contributed by atoms with van der Waals surface area (Å²) in [6.07, 6.45) is 0. The molecule has 0 saturated heterocycles. The molecule has 6 heteroatoms. The van der Waals surface area contributed by atoms with E-state index in [2.05, 4.69) is 0 Å². The number of carboxylic acid groups (broad SMARTS) is 1. The summed E-state index contributed by atoms with van der Waals surface area (Å²) in [6, 6.07) is 10.3. The van der Waals surface area contributed by atoms with E-state index in [1.165, 1.54) is 30.3 Å². The van der Waals surface area contributed by atoms with Crippen molar-refractivity contribution in [1.82, 2.24) is 0 Å². The molecule has 1 amide bonds. The lowest BCUT2D eigenvalue weighted by molar-refractivity contribution is 0.0696. The zero-order chi connectivity index (χ0) is 14.7. The van der Waals surface area contributed by atoms with Gasteiger partial charge in [-0.15, -0.1) is 0 Å². The maximum absolute atomic E-state index is 10.9. The van der Waals surface area contributed by atoms with Crippen molar-refractivity contribution in [1.29, 1.82) is 0 Å². The van der Waals surface area contributed by atoms with E-state index < -0.39 is 11.9 Å². The van der Waals surface area contributed by atoms with E-state index in [1.807, 2.05) is 0 Å². The quantitative estimate of drug-likeness (QED) is 0.734. The van der Waals surface area contributed by atoms with Crippen molar-refractivity contribution in [2.45, 2.75) is 0 Å². The Labute approximate surface area is 114 Å². The summed E-state index contributed by atoms with van der Waals surface area (Å²) < 4.78 is 5.49. The maximum atomic E-state index is 10.9. The second kappa shape index (κ2) is 5.31. The van der Waals surface area contributed by atoms with Crippen LogP contribution in [0.25, 0.3) is 0 Å². The first-order chi connectivity index (χ1) is 9.47. The van der Waals surface area contributed by atoms with Crippen LogP contribution in [-0.4, -0.2) is 17.0 Å². The summed E-state index contributed by atoms with van der Waals surface area (Å²) in [5.74, 6) is -0.955. The highest BCUT2D eigenvalue weighted by atomic mass is 16.5. The highest BCUT2D eigenvalue weighted by molar-refractivity contribution is 5.92. The third-order valence-corrected chi connectivity index (χ3v) is 2.63. The molecule has 0 bridgehead atoms. The zero-order valence-electron chi connectivity index (χ0n) is 10.4. The molecule has 2 aromatic rings. The molecule has 0 fully saturated rings. The van der Waals surface area contributed by atoms with Crippen molar-refractivity contribution in [2.75, 3.05) is 5.73 Å². The molecule has 0 aliphatic carbocycles. The van der Waals surface area contributed by atoms with E-state index in [0.29, 0.717) is 17.0 Å². The van der Waals surface area contributed by atoms with Crippen LogP contribution in [0, 0.1) is 0 Å². The lowest BCUT2D eigenvalue weighted by atomic mass is 10.2. The molecular weight excluding hydrogens is 260 g/mol. The predicted octanol–water partition coefficient (Wildman–Crippen LogP) is 1.86. The summed E-state index contributed by atoms with van der Waals surface area (Å²) in [4.78, 5) is 21.8. The maximum Gasteiger partial charge on any atom is 0.335 e. The molecule has 0 aliphatic heterocycles. The van der Waals surface area contributed by atoms with E-state index in [0.717, 1.165) is 0 Å². The lowest BCUT2D eigenvalue weighted by Crippen LogP contribution is -2.10. The average Bonchev–Trinajstić information content (AvgIpc) is 2.41. The number of rotatable bonds is 4. The first-order valence-electron chi connectivity index (χ1n) is 5.68. The molecule has 0 saturated carbocycles. The molecule has 0 aliphatic rings. The van der Waals surface area contributed by atoms with Crippen molar-refractivity contribution >= 4 is 17.6 Å². The molecule has 6 nitrogen and oxygen atoms in total. The van der Waals surface area contributed by atoms with Gasteiger partial charge in [-0.05, 0) is 42.5 Å². The number of nitrogen functional groups attached to an aromatic ring is 1. The van der Waals surface area contributed by atoms with Crippen LogP contribution < -0.4 is 16.2 Å². The number of aromatic carboxylic acids is 1. The van der Waals surface area contributed by atoms with Gasteiger partial charge in [-0.25, -0.2) is 4.79 Å². The summed E-state index contributed by atoms with van der Waals surface area (Å²) in [5, 5.41) is 8.92. The first-order valence-corrected chi connectivity index (χ1v) is 5.68. The van der Waals surface area contributed by atoms with Gasteiger partial charge in [0, 0.05) is 5.56 Å². The number of carbonyl (C=O) groups is 2. The van der Waals surface area contributed by atoms with Gasteiger partial charge in [0.05, 0.1) is 11.3 Å². The molecular formula is C14H12N2O4. The highest BCUT2D eigenvalue weighted by Gasteiger charge is 2.09. The number of ether oxygens (including phenoxy) is 1. The minimum absolute atomic E-state index is 0.0722. The van der Waals surface area contributed by atoms with E-state index in [4.69, 9.17) is 21.3 Å². The Morgan fingerprint density at radius 3 is 2.15 bits per heavy atom. The van der Waals surface area contributed by atoms with Crippen LogP contribution in [0.4, 0.5) is 5.69 Å². The Hall–Kier alpha value is -3.02. The fraction of sp³-hybridized carbons (Fsp3) is 0.